The number of carbonyl (C=O) groups excluding carboxylic acids is 1. The number of methoxy groups -OCH3 is 2. The summed E-state index contributed by atoms with van der Waals surface area (Å²) < 4.78 is 10.3. The summed E-state index contributed by atoms with van der Waals surface area (Å²) in [6.07, 6.45) is 0.930. The normalized spacial score (nSPS) is 17.1. The van der Waals surface area contributed by atoms with Gasteiger partial charge in [0.15, 0.2) is 5.17 Å². The molecule has 0 fully saturated rings. The van der Waals surface area contributed by atoms with Crippen LogP contribution in [0.1, 0.15) is 23.7 Å². The lowest BCUT2D eigenvalue weighted by molar-refractivity contribution is 0.0975. The number of thioether (sulfide) groups is 1. The minimum absolute atomic E-state index is 0.211. The first kappa shape index (κ1) is 14.5. The molecule has 0 bridgehead atoms. The van der Waals surface area contributed by atoms with E-state index in [0.717, 1.165) is 6.42 Å². The van der Waals surface area contributed by atoms with Gasteiger partial charge in [0, 0.05) is 6.07 Å². The summed E-state index contributed by atoms with van der Waals surface area (Å²) in [7, 11) is 3.08. The molecule has 1 aliphatic rings. The number of nitrogens with one attached hydrogen (secondary N) is 2. The number of amides is 1. The molecule has 0 saturated heterocycles. The summed E-state index contributed by atoms with van der Waals surface area (Å²) in [5.41, 5.74) is 3.39. The topological polar surface area (TPSA) is 72.0 Å². The number of rotatable bonds is 4. The highest BCUT2D eigenvalue weighted by Crippen LogP contribution is 2.25. The lowest BCUT2D eigenvalue weighted by Crippen LogP contribution is -2.28. The van der Waals surface area contributed by atoms with Crippen molar-refractivity contribution in [1.82, 2.24) is 10.7 Å². The third-order valence-corrected chi connectivity index (χ3v) is 3.95. The van der Waals surface area contributed by atoms with Crippen molar-refractivity contribution in [2.45, 2.75) is 18.7 Å². The predicted molar refractivity (Wildman–Crippen MR) is 79.3 cm³/mol. The maximum Gasteiger partial charge on any atom is 0.261 e. The van der Waals surface area contributed by atoms with Crippen LogP contribution < -0.4 is 20.2 Å². The summed E-state index contributed by atoms with van der Waals surface area (Å²) in [5.74, 6) is 0.846. The Balaban J connectivity index is 2.10. The van der Waals surface area contributed by atoms with Crippen molar-refractivity contribution in [1.29, 1.82) is 0 Å². The number of nitrogens with zero attached hydrogens (tertiary/aromatic N) is 1. The van der Waals surface area contributed by atoms with Gasteiger partial charge in [-0.05, 0) is 18.6 Å². The van der Waals surface area contributed by atoms with Crippen molar-refractivity contribution in [3.63, 3.8) is 0 Å². The largest absolute Gasteiger partial charge is 0.497 e. The van der Waals surface area contributed by atoms with Crippen molar-refractivity contribution in [2.24, 2.45) is 5.10 Å². The Morgan fingerprint density at radius 3 is 2.85 bits per heavy atom. The molecule has 1 heterocycles. The van der Waals surface area contributed by atoms with Crippen LogP contribution in [0, 0.1) is 0 Å². The smallest absolute Gasteiger partial charge is 0.261 e. The predicted octanol–water partition coefficient (Wildman–Crippen LogP) is 1.78. The number of hydrazone groups is 1. The molecule has 1 aromatic carbocycles. The van der Waals surface area contributed by atoms with Crippen LogP contribution >= 0.6 is 11.8 Å². The van der Waals surface area contributed by atoms with Gasteiger partial charge in [-0.3, -0.25) is 15.5 Å². The molecule has 0 radical (unpaired) electrons. The quantitative estimate of drug-likeness (QED) is 0.886. The maximum atomic E-state index is 12.2. The third kappa shape index (κ3) is 3.16. The number of ether oxygens (including phenoxy) is 2. The van der Waals surface area contributed by atoms with Crippen LogP contribution in [0.3, 0.4) is 0 Å². The lowest BCUT2D eigenvalue weighted by atomic mass is 10.2. The van der Waals surface area contributed by atoms with Gasteiger partial charge >= 0.3 is 0 Å². The Morgan fingerprint density at radius 1 is 1.45 bits per heavy atom. The molecule has 1 atom stereocenters. The van der Waals surface area contributed by atoms with Crippen LogP contribution in [-0.2, 0) is 0 Å². The maximum absolute atomic E-state index is 12.2. The number of carbonyl (C=O) groups is 1. The van der Waals surface area contributed by atoms with Crippen molar-refractivity contribution in [2.75, 3.05) is 14.2 Å². The first-order chi connectivity index (χ1) is 9.67. The summed E-state index contributed by atoms with van der Waals surface area (Å²) >= 11 is 1.50. The molecule has 1 aromatic rings. The number of hydrogen-bond donors (Lipinski definition) is 2. The first-order valence-corrected chi connectivity index (χ1v) is 7.09. The van der Waals surface area contributed by atoms with Crippen molar-refractivity contribution in [3.05, 3.63) is 23.8 Å². The van der Waals surface area contributed by atoms with Gasteiger partial charge in [0.1, 0.15) is 11.5 Å². The van der Waals surface area contributed by atoms with E-state index < -0.39 is 0 Å². The van der Waals surface area contributed by atoms with Crippen molar-refractivity contribution in [3.8, 4) is 11.5 Å². The molecule has 0 spiro atoms. The minimum Gasteiger partial charge on any atom is -0.497 e. The molecule has 6 nitrogen and oxygen atoms in total. The number of hydrogen-bond acceptors (Lipinski definition) is 6. The second-order valence-corrected chi connectivity index (χ2v) is 5.27. The Labute approximate surface area is 121 Å². The molecule has 2 N–H and O–H groups in total. The van der Waals surface area contributed by atoms with Gasteiger partial charge < -0.3 is 9.47 Å². The SMILES string of the molecule is CCC1NN=C(NC(=O)c2ccc(OC)cc2OC)S1. The molecule has 0 saturated carbocycles. The second kappa shape index (κ2) is 6.51. The monoisotopic (exact) mass is 295 g/mol. The van der Waals surface area contributed by atoms with E-state index in [2.05, 4.69) is 22.8 Å². The molecule has 0 aromatic heterocycles. The third-order valence-electron chi connectivity index (χ3n) is 2.81. The van der Waals surface area contributed by atoms with E-state index in [9.17, 15) is 4.79 Å². The van der Waals surface area contributed by atoms with E-state index in [1.54, 1.807) is 25.3 Å². The van der Waals surface area contributed by atoms with E-state index in [1.807, 2.05) is 0 Å². The van der Waals surface area contributed by atoms with Gasteiger partial charge in [0.25, 0.3) is 5.91 Å². The van der Waals surface area contributed by atoms with Crippen molar-refractivity contribution < 1.29 is 14.3 Å². The molecule has 108 valence electrons. The van der Waals surface area contributed by atoms with Crippen LogP contribution in [0.2, 0.25) is 0 Å². The molecule has 20 heavy (non-hydrogen) atoms. The van der Waals surface area contributed by atoms with Gasteiger partial charge in [-0.1, -0.05) is 18.7 Å². The molecule has 2 rings (SSSR count). The molecular weight excluding hydrogens is 278 g/mol. The zero-order valence-corrected chi connectivity index (χ0v) is 12.4. The van der Waals surface area contributed by atoms with Gasteiger partial charge in [-0.25, -0.2) is 0 Å². The van der Waals surface area contributed by atoms with Crippen LogP contribution in [0.25, 0.3) is 0 Å². The Kier molecular flexibility index (Phi) is 4.73. The van der Waals surface area contributed by atoms with E-state index in [-0.39, 0.29) is 11.3 Å². The molecule has 1 aliphatic heterocycles. The number of amidine groups is 1. The number of benzene rings is 1. The Morgan fingerprint density at radius 2 is 2.25 bits per heavy atom. The first-order valence-electron chi connectivity index (χ1n) is 6.21. The van der Waals surface area contributed by atoms with Crippen LogP contribution in [0.4, 0.5) is 0 Å². The fourth-order valence-corrected chi connectivity index (χ4v) is 2.50. The van der Waals surface area contributed by atoms with Crippen LogP contribution in [0.5, 0.6) is 11.5 Å². The summed E-state index contributed by atoms with van der Waals surface area (Å²) in [4.78, 5) is 12.2. The van der Waals surface area contributed by atoms with Gasteiger partial charge in [0.2, 0.25) is 0 Å². The Bertz CT molecular complexity index is 534. The zero-order valence-electron chi connectivity index (χ0n) is 11.6. The van der Waals surface area contributed by atoms with Crippen molar-refractivity contribution >= 4 is 22.8 Å². The molecule has 1 unspecified atom stereocenters. The summed E-state index contributed by atoms with van der Waals surface area (Å²) in [5, 5.41) is 7.62. The molecular formula is C13H17N3O3S. The molecule has 0 aliphatic carbocycles. The zero-order chi connectivity index (χ0) is 14.5. The Hall–Kier alpha value is -1.89. The lowest BCUT2D eigenvalue weighted by Gasteiger charge is -2.10. The summed E-state index contributed by atoms with van der Waals surface area (Å²) in [6, 6.07) is 5.05. The molecule has 1 amide bonds. The van der Waals surface area contributed by atoms with Crippen LogP contribution in [-0.4, -0.2) is 30.7 Å². The highest BCUT2D eigenvalue weighted by Gasteiger charge is 2.21. The van der Waals surface area contributed by atoms with Gasteiger partial charge in [0.05, 0.1) is 25.2 Å². The molecule has 7 heteroatoms. The average Bonchev–Trinajstić information content (AvgIpc) is 2.94. The van der Waals surface area contributed by atoms with E-state index in [1.165, 1.54) is 18.9 Å². The second-order valence-electron chi connectivity index (χ2n) is 4.08. The fourth-order valence-electron chi connectivity index (χ4n) is 1.70. The average molecular weight is 295 g/mol. The van der Waals surface area contributed by atoms with Gasteiger partial charge in [-0.15, -0.1) is 0 Å². The summed E-state index contributed by atoms with van der Waals surface area (Å²) in [6.45, 7) is 2.05. The fraction of sp³-hybridized carbons (Fsp3) is 0.385. The van der Waals surface area contributed by atoms with Crippen LogP contribution in [0.15, 0.2) is 23.3 Å². The standard InChI is InChI=1S/C13H17N3O3S/c1-4-11-15-16-13(20-11)14-12(17)9-6-5-8(18-2)7-10(9)19-3/h5-7,11,15H,4H2,1-3H3,(H,14,16,17). The van der Waals surface area contributed by atoms with Gasteiger partial charge in [-0.2, -0.15) is 5.10 Å². The minimum atomic E-state index is -0.255. The highest BCUT2D eigenvalue weighted by molar-refractivity contribution is 8.14. The van der Waals surface area contributed by atoms with E-state index in [4.69, 9.17) is 9.47 Å². The highest BCUT2D eigenvalue weighted by atomic mass is 32.2. The van der Waals surface area contributed by atoms with E-state index in [0.29, 0.717) is 22.2 Å². The van der Waals surface area contributed by atoms with E-state index >= 15 is 0 Å².